The third-order valence-corrected chi connectivity index (χ3v) is 4.30. The van der Waals surface area contributed by atoms with Crippen LogP contribution in [0.15, 0.2) is 55.1 Å². The lowest BCUT2D eigenvalue weighted by atomic mass is 10.1. The van der Waals surface area contributed by atoms with Crippen molar-refractivity contribution in [2.45, 2.75) is 20.3 Å². The first-order valence-corrected chi connectivity index (χ1v) is 8.32. The highest BCUT2D eigenvalue weighted by Crippen LogP contribution is 2.29. The predicted octanol–water partition coefficient (Wildman–Crippen LogP) is 4.67. The Morgan fingerprint density at radius 2 is 1.91 bits per heavy atom. The Hall–Kier alpha value is -1.62. The van der Waals surface area contributed by atoms with Crippen molar-refractivity contribution in [2.75, 3.05) is 11.4 Å². The van der Waals surface area contributed by atoms with Crippen LogP contribution in [0.1, 0.15) is 16.7 Å². The summed E-state index contributed by atoms with van der Waals surface area (Å²) in [6.07, 6.45) is 2.18. The fourth-order valence-corrected chi connectivity index (χ4v) is 3.77. The summed E-state index contributed by atoms with van der Waals surface area (Å²) >= 11 is 2.30. The zero-order chi connectivity index (χ0) is 16.1. The van der Waals surface area contributed by atoms with Crippen LogP contribution in [0, 0.1) is 17.4 Å². The number of hydrogen-bond acceptors (Lipinski definition) is 1. The third-order valence-electron chi connectivity index (χ3n) is 3.48. The Balaban J connectivity index is 2.34. The minimum absolute atomic E-state index is 0.0935. The zero-order valence-corrected chi connectivity index (χ0v) is 15.1. The van der Waals surface area contributed by atoms with Gasteiger partial charge in [-0.25, -0.2) is 0 Å². The van der Waals surface area contributed by atoms with Crippen molar-refractivity contribution in [1.82, 2.24) is 0 Å². The van der Waals surface area contributed by atoms with Gasteiger partial charge in [-0.05, 0) is 59.2 Å². The van der Waals surface area contributed by atoms with E-state index in [1.165, 1.54) is 5.56 Å². The normalized spacial score (nSPS) is 10.3. The molecule has 0 heterocycles. The van der Waals surface area contributed by atoms with Crippen molar-refractivity contribution in [3.63, 3.8) is 0 Å². The first-order valence-electron chi connectivity index (χ1n) is 7.25. The van der Waals surface area contributed by atoms with Gasteiger partial charge in [0.2, 0.25) is 5.91 Å². The molecule has 0 N–H and O–H groups in total. The summed E-state index contributed by atoms with van der Waals surface area (Å²) in [7, 11) is 0. The summed E-state index contributed by atoms with van der Waals surface area (Å²) in [6.45, 7) is 8.44. The number of anilines is 1. The average molecular weight is 405 g/mol. The number of aryl methyl sites for hydroxylation is 2. The SMILES string of the molecule is C=CCN(C(=O)Cc1ccccc1)c1c(C)cc(C)cc1I. The van der Waals surface area contributed by atoms with E-state index < -0.39 is 0 Å². The maximum atomic E-state index is 12.8. The van der Waals surface area contributed by atoms with E-state index in [0.717, 1.165) is 20.4 Å². The van der Waals surface area contributed by atoms with Crippen LogP contribution >= 0.6 is 22.6 Å². The van der Waals surface area contributed by atoms with E-state index in [1.54, 1.807) is 6.08 Å². The maximum absolute atomic E-state index is 12.8. The molecule has 0 aliphatic carbocycles. The van der Waals surface area contributed by atoms with Gasteiger partial charge in [-0.15, -0.1) is 6.58 Å². The number of halogens is 1. The molecule has 0 saturated carbocycles. The van der Waals surface area contributed by atoms with Crippen LogP contribution in [0.5, 0.6) is 0 Å². The molecule has 3 heteroatoms. The summed E-state index contributed by atoms with van der Waals surface area (Å²) < 4.78 is 1.10. The molecule has 0 aliphatic heterocycles. The van der Waals surface area contributed by atoms with E-state index in [4.69, 9.17) is 0 Å². The molecular weight excluding hydrogens is 385 g/mol. The van der Waals surface area contributed by atoms with Crippen molar-refractivity contribution in [3.8, 4) is 0 Å². The van der Waals surface area contributed by atoms with Crippen molar-refractivity contribution in [1.29, 1.82) is 0 Å². The van der Waals surface area contributed by atoms with Gasteiger partial charge in [-0.1, -0.05) is 42.5 Å². The number of amides is 1. The first-order chi connectivity index (χ1) is 10.5. The summed E-state index contributed by atoms with van der Waals surface area (Å²) in [6, 6.07) is 14.1. The molecule has 0 spiro atoms. The van der Waals surface area contributed by atoms with Crippen LogP contribution < -0.4 is 4.90 Å². The summed E-state index contributed by atoms with van der Waals surface area (Å²) in [5, 5.41) is 0. The van der Waals surface area contributed by atoms with Crippen molar-refractivity contribution >= 4 is 34.2 Å². The van der Waals surface area contributed by atoms with Gasteiger partial charge < -0.3 is 4.90 Å². The molecule has 22 heavy (non-hydrogen) atoms. The molecule has 1 amide bonds. The van der Waals surface area contributed by atoms with Crippen molar-refractivity contribution in [2.24, 2.45) is 0 Å². The van der Waals surface area contributed by atoms with E-state index >= 15 is 0 Å². The second-order valence-electron chi connectivity index (χ2n) is 5.37. The topological polar surface area (TPSA) is 20.3 Å². The molecule has 2 aromatic carbocycles. The molecule has 0 aromatic heterocycles. The van der Waals surface area contributed by atoms with Gasteiger partial charge >= 0.3 is 0 Å². The average Bonchev–Trinajstić information content (AvgIpc) is 2.46. The quantitative estimate of drug-likeness (QED) is 0.523. The largest absolute Gasteiger partial charge is 0.307 e. The van der Waals surface area contributed by atoms with Gasteiger partial charge in [0, 0.05) is 10.1 Å². The van der Waals surface area contributed by atoms with E-state index in [1.807, 2.05) is 35.2 Å². The van der Waals surface area contributed by atoms with Crippen LogP contribution in [-0.2, 0) is 11.2 Å². The van der Waals surface area contributed by atoms with Gasteiger partial charge in [0.05, 0.1) is 12.1 Å². The number of nitrogens with zero attached hydrogens (tertiary/aromatic N) is 1. The standard InChI is InChI=1S/C19H20INO/c1-4-10-21(18(22)13-16-8-6-5-7-9-16)19-15(3)11-14(2)12-17(19)20/h4-9,11-12H,1,10,13H2,2-3H3. The second kappa shape index (κ2) is 7.58. The van der Waals surface area contributed by atoms with Gasteiger partial charge in [0.25, 0.3) is 0 Å². The summed E-state index contributed by atoms with van der Waals surface area (Å²) in [5.74, 6) is 0.0935. The van der Waals surface area contributed by atoms with Crippen LogP contribution in [-0.4, -0.2) is 12.5 Å². The number of carbonyl (C=O) groups excluding carboxylic acids is 1. The van der Waals surface area contributed by atoms with E-state index in [0.29, 0.717) is 13.0 Å². The smallest absolute Gasteiger partial charge is 0.231 e. The molecule has 0 bridgehead atoms. The lowest BCUT2D eigenvalue weighted by Gasteiger charge is -2.25. The zero-order valence-electron chi connectivity index (χ0n) is 13.0. The molecule has 0 atom stereocenters. The minimum atomic E-state index is 0.0935. The highest BCUT2D eigenvalue weighted by atomic mass is 127. The van der Waals surface area contributed by atoms with Gasteiger partial charge in [0.15, 0.2) is 0 Å². The highest BCUT2D eigenvalue weighted by molar-refractivity contribution is 14.1. The Kier molecular flexibility index (Phi) is 5.77. The Bertz CT molecular complexity index is 656. The number of benzene rings is 2. The lowest BCUT2D eigenvalue weighted by molar-refractivity contribution is -0.117. The second-order valence-corrected chi connectivity index (χ2v) is 6.53. The fraction of sp³-hybridized carbons (Fsp3) is 0.211. The Morgan fingerprint density at radius 3 is 2.50 bits per heavy atom. The molecular formula is C19H20INO. The molecule has 0 fully saturated rings. The predicted molar refractivity (Wildman–Crippen MR) is 101 cm³/mol. The fourth-order valence-electron chi connectivity index (χ4n) is 2.56. The number of rotatable bonds is 5. The Labute approximate surface area is 146 Å². The molecule has 114 valence electrons. The van der Waals surface area contributed by atoms with Gasteiger partial charge in [-0.2, -0.15) is 0 Å². The molecule has 2 aromatic rings. The Morgan fingerprint density at radius 1 is 1.23 bits per heavy atom. The highest BCUT2D eigenvalue weighted by Gasteiger charge is 2.19. The van der Waals surface area contributed by atoms with Crippen molar-refractivity contribution in [3.05, 3.63) is 75.4 Å². The molecule has 0 radical (unpaired) electrons. The molecule has 0 saturated heterocycles. The maximum Gasteiger partial charge on any atom is 0.231 e. The van der Waals surface area contributed by atoms with E-state index in [2.05, 4.69) is 55.2 Å². The van der Waals surface area contributed by atoms with Crippen LogP contribution in [0.4, 0.5) is 5.69 Å². The van der Waals surface area contributed by atoms with E-state index in [9.17, 15) is 4.79 Å². The summed E-state index contributed by atoms with van der Waals surface area (Å²) in [4.78, 5) is 14.6. The van der Waals surface area contributed by atoms with Gasteiger partial charge in [0.1, 0.15) is 0 Å². The lowest BCUT2D eigenvalue weighted by Crippen LogP contribution is -2.33. The van der Waals surface area contributed by atoms with Crippen LogP contribution in [0.2, 0.25) is 0 Å². The number of carbonyl (C=O) groups is 1. The molecule has 0 unspecified atom stereocenters. The first kappa shape index (κ1) is 16.7. The molecule has 2 rings (SSSR count). The molecule has 0 aliphatic rings. The van der Waals surface area contributed by atoms with Crippen LogP contribution in [0.3, 0.4) is 0 Å². The van der Waals surface area contributed by atoms with Gasteiger partial charge in [-0.3, -0.25) is 4.79 Å². The van der Waals surface area contributed by atoms with Crippen LogP contribution in [0.25, 0.3) is 0 Å². The summed E-state index contributed by atoms with van der Waals surface area (Å²) in [5.41, 5.74) is 4.35. The molecule has 2 nitrogen and oxygen atoms in total. The van der Waals surface area contributed by atoms with Crippen molar-refractivity contribution < 1.29 is 4.79 Å². The number of hydrogen-bond donors (Lipinski definition) is 0. The monoisotopic (exact) mass is 405 g/mol. The third kappa shape index (κ3) is 3.97. The van der Waals surface area contributed by atoms with E-state index in [-0.39, 0.29) is 5.91 Å². The minimum Gasteiger partial charge on any atom is -0.307 e.